The molecule has 1 unspecified atom stereocenters. The van der Waals surface area contributed by atoms with Crippen LogP contribution in [0.15, 0.2) is 27.8 Å². The molecule has 0 saturated heterocycles. The van der Waals surface area contributed by atoms with E-state index in [1.54, 1.807) is 6.07 Å². The van der Waals surface area contributed by atoms with Crippen LogP contribution in [0.1, 0.15) is 17.3 Å². The van der Waals surface area contributed by atoms with Crippen molar-refractivity contribution in [2.24, 2.45) is 5.92 Å². The molecule has 0 bridgehead atoms. The molecule has 0 spiro atoms. The van der Waals surface area contributed by atoms with Gasteiger partial charge in [0.1, 0.15) is 0 Å². The second kappa shape index (κ2) is 5.92. The lowest BCUT2D eigenvalue weighted by Gasteiger charge is -2.15. The Labute approximate surface area is 119 Å². The number of para-hydroxylation sites is 1. The number of fused-ring (bicyclic) bond motifs is 1. The molecule has 0 aliphatic carbocycles. The highest BCUT2D eigenvalue weighted by atomic mass is 16.5. The van der Waals surface area contributed by atoms with Crippen molar-refractivity contribution in [3.8, 4) is 0 Å². The number of nitrogens with one attached hydrogen (secondary N) is 1. The molecule has 1 heterocycles. The molecule has 112 valence electrons. The fraction of sp³-hybridized carbons (Fsp3) is 0.357. The first-order chi connectivity index (χ1) is 9.95. The minimum absolute atomic E-state index is 0.0227. The zero-order chi connectivity index (χ0) is 15.6. The summed E-state index contributed by atoms with van der Waals surface area (Å²) in [6.45, 7) is 2.46. The fourth-order valence-corrected chi connectivity index (χ4v) is 2.33. The fourth-order valence-electron chi connectivity index (χ4n) is 2.33. The van der Waals surface area contributed by atoms with Crippen molar-refractivity contribution in [3.63, 3.8) is 0 Å². The largest absolute Gasteiger partial charge is 0.478 e. The number of methoxy groups -OCH3 is 1. The van der Waals surface area contributed by atoms with Crippen molar-refractivity contribution in [1.82, 2.24) is 9.55 Å². The second-order valence-corrected chi connectivity index (χ2v) is 4.94. The zero-order valence-electron chi connectivity index (χ0n) is 11.8. The first-order valence-electron chi connectivity index (χ1n) is 6.43. The monoisotopic (exact) mass is 292 g/mol. The van der Waals surface area contributed by atoms with Crippen LogP contribution in [0.5, 0.6) is 0 Å². The van der Waals surface area contributed by atoms with Gasteiger partial charge in [-0.1, -0.05) is 13.0 Å². The molecule has 1 aromatic carbocycles. The number of aromatic carboxylic acids is 1. The molecule has 0 aliphatic rings. The van der Waals surface area contributed by atoms with Crippen molar-refractivity contribution >= 4 is 17.0 Å². The average molecular weight is 292 g/mol. The first-order valence-corrected chi connectivity index (χ1v) is 6.43. The number of carboxylic acid groups (broad SMARTS) is 1. The lowest BCUT2D eigenvalue weighted by Crippen LogP contribution is -2.38. The summed E-state index contributed by atoms with van der Waals surface area (Å²) in [6, 6.07) is 4.50. The predicted molar refractivity (Wildman–Crippen MR) is 76.8 cm³/mol. The Kier molecular flexibility index (Phi) is 4.23. The molecule has 2 N–H and O–H groups in total. The maximum Gasteiger partial charge on any atom is 0.337 e. The Morgan fingerprint density at radius 3 is 2.76 bits per heavy atom. The van der Waals surface area contributed by atoms with Crippen molar-refractivity contribution in [1.29, 1.82) is 0 Å². The highest BCUT2D eigenvalue weighted by Crippen LogP contribution is 2.16. The van der Waals surface area contributed by atoms with Crippen molar-refractivity contribution < 1.29 is 14.6 Å². The van der Waals surface area contributed by atoms with Crippen LogP contribution in [-0.2, 0) is 11.3 Å². The summed E-state index contributed by atoms with van der Waals surface area (Å²) >= 11 is 0. The number of hydrogen-bond acceptors (Lipinski definition) is 4. The molecule has 0 radical (unpaired) electrons. The Morgan fingerprint density at radius 2 is 2.14 bits per heavy atom. The van der Waals surface area contributed by atoms with Gasteiger partial charge >= 0.3 is 17.1 Å². The number of rotatable bonds is 5. The molecule has 7 heteroatoms. The van der Waals surface area contributed by atoms with E-state index >= 15 is 0 Å². The van der Waals surface area contributed by atoms with E-state index in [4.69, 9.17) is 4.74 Å². The van der Waals surface area contributed by atoms with Gasteiger partial charge in [0.25, 0.3) is 0 Å². The van der Waals surface area contributed by atoms with Gasteiger partial charge in [0.05, 0.1) is 23.2 Å². The molecule has 0 saturated carbocycles. The summed E-state index contributed by atoms with van der Waals surface area (Å²) in [4.78, 5) is 37.5. The standard InChI is InChI=1S/C14H16N2O5/c1-8(7-21-2)6-16-11-9(14(19)20)4-3-5-10(11)15-12(17)13(16)18/h3-5,8H,6-7H2,1-2H3,(H,15,17)(H,19,20). The predicted octanol–water partition coefficient (Wildman–Crippen LogP) is 0.671. The Morgan fingerprint density at radius 1 is 1.43 bits per heavy atom. The van der Waals surface area contributed by atoms with E-state index in [0.717, 1.165) is 0 Å². The smallest absolute Gasteiger partial charge is 0.337 e. The molecule has 2 aromatic rings. The first kappa shape index (κ1) is 15.0. The van der Waals surface area contributed by atoms with Gasteiger partial charge in [0, 0.05) is 13.7 Å². The van der Waals surface area contributed by atoms with Gasteiger partial charge in [-0.3, -0.25) is 9.59 Å². The Bertz CT molecular complexity index is 790. The number of carboxylic acids is 1. The molecule has 0 amide bonds. The number of aromatic nitrogens is 2. The van der Waals surface area contributed by atoms with Gasteiger partial charge < -0.3 is 19.4 Å². The summed E-state index contributed by atoms with van der Waals surface area (Å²) in [6.07, 6.45) is 0. The molecule has 1 aromatic heterocycles. The lowest BCUT2D eigenvalue weighted by molar-refractivity contribution is 0.0698. The lowest BCUT2D eigenvalue weighted by atomic mass is 10.1. The topological polar surface area (TPSA) is 101 Å². The maximum absolute atomic E-state index is 12.1. The van der Waals surface area contributed by atoms with Crippen LogP contribution in [0.3, 0.4) is 0 Å². The number of nitrogens with zero attached hydrogens (tertiary/aromatic N) is 1. The molecular formula is C14H16N2O5. The average Bonchev–Trinajstić information content (AvgIpc) is 2.43. The highest BCUT2D eigenvalue weighted by Gasteiger charge is 2.17. The quantitative estimate of drug-likeness (QED) is 0.789. The number of ether oxygens (including phenoxy) is 1. The van der Waals surface area contributed by atoms with E-state index in [-0.39, 0.29) is 23.5 Å². The van der Waals surface area contributed by atoms with Crippen LogP contribution in [0.4, 0.5) is 0 Å². The molecule has 21 heavy (non-hydrogen) atoms. The van der Waals surface area contributed by atoms with Gasteiger partial charge in [-0.2, -0.15) is 0 Å². The number of hydrogen-bond donors (Lipinski definition) is 2. The van der Waals surface area contributed by atoms with E-state index in [1.807, 2.05) is 6.92 Å². The third kappa shape index (κ3) is 2.87. The maximum atomic E-state index is 12.1. The second-order valence-electron chi connectivity index (χ2n) is 4.94. The zero-order valence-corrected chi connectivity index (χ0v) is 11.8. The minimum Gasteiger partial charge on any atom is -0.478 e. The van der Waals surface area contributed by atoms with Gasteiger partial charge in [-0.15, -0.1) is 0 Å². The number of benzene rings is 1. The molecule has 2 rings (SSSR count). The summed E-state index contributed by atoms with van der Waals surface area (Å²) < 4.78 is 6.23. The minimum atomic E-state index is -1.15. The van der Waals surface area contributed by atoms with Crippen LogP contribution in [0.25, 0.3) is 11.0 Å². The summed E-state index contributed by atoms with van der Waals surface area (Å²) in [5.74, 6) is -1.19. The van der Waals surface area contributed by atoms with E-state index in [1.165, 1.54) is 23.8 Å². The van der Waals surface area contributed by atoms with Crippen LogP contribution in [0, 0.1) is 5.92 Å². The van der Waals surface area contributed by atoms with Gasteiger partial charge in [0.2, 0.25) is 0 Å². The van der Waals surface area contributed by atoms with Crippen molar-refractivity contribution in [2.75, 3.05) is 13.7 Å². The third-order valence-electron chi connectivity index (χ3n) is 3.17. The normalized spacial score (nSPS) is 12.5. The van der Waals surface area contributed by atoms with Crippen LogP contribution in [0.2, 0.25) is 0 Å². The van der Waals surface area contributed by atoms with E-state index in [2.05, 4.69) is 4.98 Å². The Balaban J connectivity index is 2.76. The molecule has 0 aliphatic heterocycles. The van der Waals surface area contributed by atoms with Crippen molar-refractivity contribution in [3.05, 3.63) is 44.5 Å². The molecule has 1 atom stereocenters. The molecule has 7 nitrogen and oxygen atoms in total. The number of H-pyrrole nitrogens is 1. The van der Waals surface area contributed by atoms with Gasteiger partial charge in [0.15, 0.2) is 0 Å². The molecule has 0 fully saturated rings. The van der Waals surface area contributed by atoms with Gasteiger partial charge in [-0.05, 0) is 18.1 Å². The van der Waals surface area contributed by atoms with Crippen LogP contribution < -0.4 is 11.1 Å². The van der Waals surface area contributed by atoms with Gasteiger partial charge in [-0.25, -0.2) is 4.79 Å². The number of carbonyl (C=O) groups is 1. The number of aromatic amines is 1. The highest BCUT2D eigenvalue weighted by molar-refractivity contribution is 6.00. The van der Waals surface area contributed by atoms with E-state index in [9.17, 15) is 19.5 Å². The summed E-state index contributed by atoms with van der Waals surface area (Å²) in [5.41, 5.74) is -1.01. The Hall–Kier alpha value is -2.41. The van der Waals surface area contributed by atoms with Crippen LogP contribution in [-0.4, -0.2) is 34.3 Å². The van der Waals surface area contributed by atoms with Crippen LogP contribution >= 0.6 is 0 Å². The summed E-state index contributed by atoms with van der Waals surface area (Å²) in [7, 11) is 1.54. The third-order valence-corrected chi connectivity index (χ3v) is 3.17. The molecular weight excluding hydrogens is 276 g/mol. The van der Waals surface area contributed by atoms with Crippen molar-refractivity contribution in [2.45, 2.75) is 13.5 Å². The summed E-state index contributed by atoms with van der Waals surface area (Å²) in [5, 5.41) is 9.27. The van der Waals surface area contributed by atoms with E-state index in [0.29, 0.717) is 12.1 Å². The van der Waals surface area contributed by atoms with E-state index < -0.39 is 17.1 Å². The SMILES string of the molecule is COCC(C)Cn1c(=O)c(=O)[nH]c2cccc(C(=O)O)c21.